The van der Waals surface area contributed by atoms with Crippen LogP contribution in [0.4, 0.5) is 5.82 Å². The lowest BCUT2D eigenvalue weighted by atomic mass is 9.91. The van der Waals surface area contributed by atoms with E-state index in [-0.39, 0.29) is 17.4 Å². The normalized spacial score (nSPS) is 11.0. The molecule has 0 radical (unpaired) electrons. The van der Waals surface area contributed by atoms with E-state index < -0.39 is 0 Å². The van der Waals surface area contributed by atoms with Gasteiger partial charge in [0.15, 0.2) is 0 Å². The number of carbonyl (C=O) groups is 2. The fraction of sp³-hybridized carbons (Fsp3) is 0. The first-order chi connectivity index (χ1) is 15.1. The lowest BCUT2D eigenvalue weighted by molar-refractivity contribution is 0.103. The Hall–Kier alpha value is -3.96. The molecule has 4 nitrogen and oxygen atoms in total. The Morgan fingerprint density at radius 1 is 0.774 bits per heavy atom. The highest BCUT2D eigenvalue weighted by Gasteiger charge is 2.29. The first-order valence-corrected chi connectivity index (χ1v) is 10.7. The molecule has 5 heteroatoms. The highest BCUT2D eigenvalue weighted by molar-refractivity contribution is 7.12. The predicted octanol–water partition coefficient (Wildman–Crippen LogP) is 5.94. The van der Waals surface area contributed by atoms with Gasteiger partial charge in [-0.15, -0.1) is 11.3 Å². The molecule has 5 rings (SSSR count). The predicted molar refractivity (Wildman–Crippen MR) is 126 cm³/mol. The molecule has 0 spiro atoms. The molecule has 0 fully saturated rings. The number of fused-ring (bicyclic) bond motifs is 1. The summed E-state index contributed by atoms with van der Waals surface area (Å²) in [5, 5.41) is 3.82. The molecule has 0 aliphatic heterocycles. The van der Waals surface area contributed by atoms with Gasteiger partial charge in [0.1, 0.15) is 5.82 Å². The van der Waals surface area contributed by atoms with Gasteiger partial charge in [0.2, 0.25) is 11.6 Å². The Bertz CT molecular complexity index is 1410. The van der Waals surface area contributed by atoms with Crippen molar-refractivity contribution in [3.05, 3.63) is 112 Å². The summed E-state index contributed by atoms with van der Waals surface area (Å²) in [6.45, 7) is 0. The molecule has 5 aromatic rings. The lowest BCUT2D eigenvalue weighted by Crippen LogP contribution is -2.06. The van der Waals surface area contributed by atoms with Crippen molar-refractivity contribution in [3.63, 3.8) is 0 Å². The average molecular weight is 423 g/mol. The van der Waals surface area contributed by atoms with Crippen LogP contribution in [-0.4, -0.2) is 16.6 Å². The molecule has 150 valence electrons. The van der Waals surface area contributed by atoms with Crippen molar-refractivity contribution in [2.75, 3.05) is 5.73 Å². The van der Waals surface area contributed by atoms with Gasteiger partial charge in [-0.1, -0.05) is 78.9 Å². The zero-order chi connectivity index (χ0) is 21.4. The number of nitrogens with one attached hydrogen (secondary N) is 1. The maximum Gasteiger partial charge on any atom is 0.209 e. The van der Waals surface area contributed by atoms with Crippen molar-refractivity contribution in [2.45, 2.75) is 0 Å². The molecule has 31 heavy (non-hydrogen) atoms. The quantitative estimate of drug-likeness (QED) is 0.344. The average Bonchev–Trinajstić information content (AvgIpc) is 3.47. The van der Waals surface area contributed by atoms with Crippen LogP contribution in [0.5, 0.6) is 0 Å². The second kappa shape index (κ2) is 7.70. The largest absolute Gasteiger partial charge is 0.385 e. The number of rotatable bonds is 5. The van der Waals surface area contributed by atoms with E-state index in [2.05, 4.69) is 4.98 Å². The zero-order valence-corrected chi connectivity index (χ0v) is 17.3. The molecular weight excluding hydrogens is 404 g/mol. The summed E-state index contributed by atoms with van der Waals surface area (Å²) in [4.78, 5) is 30.5. The van der Waals surface area contributed by atoms with E-state index in [1.807, 2.05) is 72.1 Å². The number of hydrogen-bond acceptors (Lipinski definition) is 4. The number of anilines is 1. The van der Waals surface area contributed by atoms with Crippen LogP contribution < -0.4 is 5.73 Å². The molecule has 0 unspecified atom stereocenters. The summed E-state index contributed by atoms with van der Waals surface area (Å²) in [5.41, 5.74) is 8.84. The third kappa shape index (κ3) is 3.25. The van der Waals surface area contributed by atoms with Gasteiger partial charge >= 0.3 is 0 Å². The van der Waals surface area contributed by atoms with Crippen LogP contribution in [0.2, 0.25) is 0 Å². The van der Waals surface area contributed by atoms with Gasteiger partial charge < -0.3 is 10.7 Å². The van der Waals surface area contributed by atoms with Crippen molar-refractivity contribution < 1.29 is 9.59 Å². The summed E-state index contributed by atoms with van der Waals surface area (Å²) in [6.07, 6.45) is 0. The van der Waals surface area contributed by atoms with Gasteiger partial charge in [0.05, 0.1) is 16.1 Å². The van der Waals surface area contributed by atoms with Crippen molar-refractivity contribution >= 4 is 39.5 Å². The molecule has 0 saturated heterocycles. The molecule has 0 bridgehead atoms. The minimum atomic E-state index is -0.208. The van der Waals surface area contributed by atoms with Crippen molar-refractivity contribution in [1.29, 1.82) is 0 Å². The van der Waals surface area contributed by atoms with Crippen molar-refractivity contribution in [1.82, 2.24) is 4.98 Å². The summed E-state index contributed by atoms with van der Waals surface area (Å²) >= 11 is 1.35. The maximum atomic E-state index is 13.5. The van der Waals surface area contributed by atoms with Gasteiger partial charge in [-0.3, -0.25) is 9.59 Å². The number of nitrogen functional groups attached to an aromatic ring is 1. The summed E-state index contributed by atoms with van der Waals surface area (Å²) in [7, 11) is 0. The Kier molecular flexibility index (Phi) is 4.73. The molecule has 2 heterocycles. The molecule has 0 aliphatic carbocycles. The van der Waals surface area contributed by atoms with E-state index in [0.29, 0.717) is 27.3 Å². The number of ketones is 2. The van der Waals surface area contributed by atoms with Crippen LogP contribution in [0.1, 0.15) is 31.3 Å². The van der Waals surface area contributed by atoms with Crippen molar-refractivity contribution in [3.8, 4) is 11.1 Å². The first-order valence-electron chi connectivity index (χ1n) is 9.82. The van der Waals surface area contributed by atoms with Gasteiger partial charge in [-0.05, 0) is 27.8 Å². The SMILES string of the molecule is Nc1[nH]c(C(=O)c2ccccc2)c(-c2cccc3ccccc23)c1C(=O)c1cccs1. The van der Waals surface area contributed by atoms with E-state index in [9.17, 15) is 9.59 Å². The van der Waals surface area contributed by atoms with E-state index >= 15 is 0 Å². The lowest BCUT2D eigenvalue weighted by Gasteiger charge is -2.10. The van der Waals surface area contributed by atoms with Crippen LogP contribution in [0, 0.1) is 0 Å². The van der Waals surface area contributed by atoms with E-state index in [1.165, 1.54) is 11.3 Å². The molecular formula is C26H18N2O2S. The number of aromatic nitrogens is 1. The molecule has 3 N–H and O–H groups in total. The Morgan fingerprint density at radius 3 is 2.29 bits per heavy atom. The topological polar surface area (TPSA) is 76.0 Å². The maximum absolute atomic E-state index is 13.5. The third-order valence-electron chi connectivity index (χ3n) is 5.32. The molecule has 0 saturated carbocycles. The Morgan fingerprint density at radius 2 is 1.52 bits per heavy atom. The Balaban J connectivity index is 1.82. The van der Waals surface area contributed by atoms with E-state index in [4.69, 9.17) is 5.73 Å². The highest BCUT2D eigenvalue weighted by Crippen LogP contribution is 2.39. The number of benzene rings is 3. The number of aromatic amines is 1. The molecule has 3 aromatic carbocycles. The zero-order valence-electron chi connectivity index (χ0n) is 16.5. The standard InChI is InChI=1S/C26H18N2O2S/c27-26-22(25(30)20-14-7-15-31-20)21(19-13-6-11-16-8-4-5-12-18(16)19)23(28-26)24(29)17-9-2-1-3-10-17/h1-15,28H,27H2. The number of thiophene rings is 1. The van der Waals surface area contributed by atoms with Gasteiger partial charge in [-0.2, -0.15) is 0 Å². The third-order valence-corrected chi connectivity index (χ3v) is 6.19. The molecule has 0 atom stereocenters. The fourth-order valence-electron chi connectivity index (χ4n) is 3.90. The second-order valence-corrected chi connectivity index (χ2v) is 8.14. The minimum absolute atomic E-state index is 0.195. The fourth-order valence-corrected chi connectivity index (χ4v) is 4.57. The highest BCUT2D eigenvalue weighted by atomic mass is 32.1. The van der Waals surface area contributed by atoms with E-state index in [0.717, 1.165) is 16.3 Å². The molecule has 0 amide bonds. The first kappa shape index (κ1) is 19.0. The monoisotopic (exact) mass is 422 g/mol. The minimum Gasteiger partial charge on any atom is -0.385 e. The summed E-state index contributed by atoms with van der Waals surface area (Å²) in [6, 6.07) is 26.4. The van der Waals surface area contributed by atoms with E-state index in [1.54, 1.807) is 18.2 Å². The summed E-state index contributed by atoms with van der Waals surface area (Å²) < 4.78 is 0. The van der Waals surface area contributed by atoms with Crippen LogP contribution >= 0.6 is 11.3 Å². The van der Waals surface area contributed by atoms with Crippen LogP contribution in [0.15, 0.2) is 90.3 Å². The second-order valence-electron chi connectivity index (χ2n) is 7.19. The number of H-pyrrole nitrogens is 1. The number of carbonyl (C=O) groups excluding carboxylic acids is 2. The van der Waals surface area contributed by atoms with Gasteiger partial charge in [0.25, 0.3) is 0 Å². The number of hydrogen-bond donors (Lipinski definition) is 2. The molecule has 0 aliphatic rings. The van der Waals surface area contributed by atoms with Crippen molar-refractivity contribution in [2.24, 2.45) is 0 Å². The van der Waals surface area contributed by atoms with Crippen LogP contribution in [0.25, 0.3) is 21.9 Å². The van der Waals surface area contributed by atoms with Gasteiger partial charge in [-0.25, -0.2) is 0 Å². The van der Waals surface area contributed by atoms with Gasteiger partial charge in [0, 0.05) is 11.1 Å². The summed E-state index contributed by atoms with van der Waals surface area (Å²) in [5.74, 6) is -0.208. The Labute approximate surface area is 183 Å². The van der Waals surface area contributed by atoms with Crippen LogP contribution in [0.3, 0.4) is 0 Å². The van der Waals surface area contributed by atoms with Crippen LogP contribution in [-0.2, 0) is 0 Å². The molecule has 2 aromatic heterocycles. The number of nitrogens with two attached hydrogens (primary N) is 1. The smallest absolute Gasteiger partial charge is 0.209 e.